The molecule has 114 valence electrons. The molecule has 2 amide bonds. The van der Waals surface area contributed by atoms with Crippen LogP contribution in [0.3, 0.4) is 0 Å². The summed E-state index contributed by atoms with van der Waals surface area (Å²) in [4.78, 5) is 30.5. The molecule has 2 unspecified atom stereocenters. The number of amides is 2. The van der Waals surface area contributed by atoms with Crippen molar-refractivity contribution in [3.8, 4) is 0 Å². The maximum absolute atomic E-state index is 11.8. The Hall–Kier alpha value is -1.47. The van der Waals surface area contributed by atoms with Crippen LogP contribution in [0.1, 0.15) is 43.9 Å². The van der Waals surface area contributed by atoms with E-state index in [2.05, 4.69) is 24.1 Å². The highest BCUT2D eigenvalue weighted by Gasteiger charge is 2.37. The Morgan fingerprint density at radius 3 is 2.86 bits per heavy atom. The summed E-state index contributed by atoms with van der Waals surface area (Å²) < 4.78 is 0. The van der Waals surface area contributed by atoms with Crippen molar-refractivity contribution in [1.29, 1.82) is 0 Å². The number of imide groups is 1. The molecule has 7 heteroatoms. The highest BCUT2D eigenvalue weighted by atomic mass is 32.1. The minimum absolute atomic E-state index is 0.0124. The fourth-order valence-corrected chi connectivity index (χ4v) is 4.10. The number of anilines is 1. The van der Waals surface area contributed by atoms with Gasteiger partial charge in [-0.05, 0) is 25.2 Å². The summed E-state index contributed by atoms with van der Waals surface area (Å²) in [7, 11) is 0. The highest BCUT2D eigenvalue weighted by molar-refractivity contribution is 7.15. The van der Waals surface area contributed by atoms with Crippen molar-refractivity contribution in [3.05, 3.63) is 10.6 Å². The summed E-state index contributed by atoms with van der Waals surface area (Å²) in [5.74, 6) is -0.618. The summed E-state index contributed by atoms with van der Waals surface area (Å²) in [6.45, 7) is 6.10. The van der Waals surface area contributed by atoms with Gasteiger partial charge < -0.3 is 10.0 Å². The summed E-state index contributed by atoms with van der Waals surface area (Å²) in [6, 6.07) is -0.430. The van der Waals surface area contributed by atoms with Crippen molar-refractivity contribution in [1.82, 2.24) is 10.3 Å². The zero-order chi connectivity index (χ0) is 15.4. The SMILES string of the molecule is CC1C(=O)NC(=O)CN1c1nc2c(s1)C(O)CC(C)(C)C2. The molecule has 1 aromatic heterocycles. The molecule has 0 radical (unpaired) electrons. The van der Waals surface area contributed by atoms with Crippen molar-refractivity contribution < 1.29 is 14.7 Å². The fourth-order valence-electron chi connectivity index (χ4n) is 2.95. The molecule has 2 atom stereocenters. The van der Waals surface area contributed by atoms with Crippen LogP contribution in [0, 0.1) is 5.41 Å². The van der Waals surface area contributed by atoms with E-state index >= 15 is 0 Å². The zero-order valence-electron chi connectivity index (χ0n) is 12.3. The van der Waals surface area contributed by atoms with Gasteiger partial charge in [-0.3, -0.25) is 14.9 Å². The standard InChI is InChI=1S/C14H19N3O3S/c1-7-12(20)16-10(19)6-17(7)13-15-8-4-14(2,3)5-9(18)11(8)21-13/h7,9,18H,4-6H2,1-3H3,(H,16,19,20). The molecular weight excluding hydrogens is 290 g/mol. The van der Waals surface area contributed by atoms with Gasteiger partial charge in [-0.2, -0.15) is 0 Å². The van der Waals surface area contributed by atoms with E-state index < -0.39 is 12.1 Å². The lowest BCUT2D eigenvalue weighted by Gasteiger charge is -2.31. The van der Waals surface area contributed by atoms with E-state index in [1.807, 2.05) is 0 Å². The van der Waals surface area contributed by atoms with Gasteiger partial charge in [-0.25, -0.2) is 4.98 Å². The highest BCUT2D eigenvalue weighted by Crippen LogP contribution is 2.44. The number of rotatable bonds is 1. The van der Waals surface area contributed by atoms with Gasteiger partial charge in [0.15, 0.2) is 5.13 Å². The van der Waals surface area contributed by atoms with Crippen LogP contribution >= 0.6 is 11.3 Å². The van der Waals surface area contributed by atoms with Crippen molar-refractivity contribution in [2.45, 2.75) is 45.8 Å². The molecule has 6 nitrogen and oxygen atoms in total. The molecule has 2 heterocycles. The van der Waals surface area contributed by atoms with Crippen LogP contribution in [0.4, 0.5) is 5.13 Å². The van der Waals surface area contributed by atoms with Crippen LogP contribution in [0.25, 0.3) is 0 Å². The minimum Gasteiger partial charge on any atom is -0.387 e. The van der Waals surface area contributed by atoms with Crippen LogP contribution in [-0.4, -0.2) is 34.5 Å². The predicted molar refractivity (Wildman–Crippen MR) is 79.1 cm³/mol. The average molecular weight is 309 g/mol. The number of fused-ring (bicyclic) bond motifs is 1. The number of thiazole rings is 1. The third-order valence-corrected chi connectivity index (χ3v) is 5.32. The van der Waals surface area contributed by atoms with E-state index in [0.29, 0.717) is 11.6 Å². The smallest absolute Gasteiger partial charge is 0.249 e. The van der Waals surface area contributed by atoms with E-state index in [-0.39, 0.29) is 23.8 Å². The van der Waals surface area contributed by atoms with Gasteiger partial charge in [0.1, 0.15) is 12.6 Å². The zero-order valence-corrected chi connectivity index (χ0v) is 13.2. The molecule has 1 aromatic rings. The van der Waals surface area contributed by atoms with Gasteiger partial charge >= 0.3 is 0 Å². The molecular formula is C14H19N3O3S. The Kier molecular flexibility index (Phi) is 3.29. The van der Waals surface area contributed by atoms with Crippen LogP contribution in [0.5, 0.6) is 0 Å². The first-order valence-electron chi connectivity index (χ1n) is 7.05. The van der Waals surface area contributed by atoms with Gasteiger partial charge in [0.25, 0.3) is 0 Å². The van der Waals surface area contributed by atoms with Gasteiger partial charge in [0, 0.05) is 0 Å². The molecule has 1 saturated heterocycles. The lowest BCUT2D eigenvalue weighted by Crippen LogP contribution is -2.57. The summed E-state index contributed by atoms with van der Waals surface area (Å²) >= 11 is 1.39. The number of hydrogen-bond donors (Lipinski definition) is 2. The van der Waals surface area contributed by atoms with Crippen LogP contribution in [-0.2, 0) is 16.0 Å². The second kappa shape index (κ2) is 4.78. The monoisotopic (exact) mass is 309 g/mol. The average Bonchev–Trinajstić information content (AvgIpc) is 2.76. The number of nitrogens with one attached hydrogen (secondary N) is 1. The van der Waals surface area contributed by atoms with E-state index in [0.717, 1.165) is 17.0 Å². The quantitative estimate of drug-likeness (QED) is 0.756. The van der Waals surface area contributed by atoms with Crippen LogP contribution in [0.15, 0.2) is 0 Å². The normalized spacial score (nSPS) is 28.3. The molecule has 3 rings (SSSR count). The second-order valence-corrected chi connectivity index (χ2v) is 7.59. The van der Waals surface area contributed by atoms with E-state index in [1.165, 1.54) is 11.3 Å². The lowest BCUT2D eigenvalue weighted by atomic mass is 9.77. The van der Waals surface area contributed by atoms with Crippen molar-refractivity contribution >= 4 is 28.3 Å². The van der Waals surface area contributed by atoms with Crippen LogP contribution in [0.2, 0.25) is 0 Å². The molecule has 1 aliphatic carbocycles. The number of carbonyl (C=O) groups is 2. The van der Waals surface area contributed by atoms with E-state index in [1.54, 1.807) is 11.8 Å². The summed E-state index contributed by atoms with van der Waals surface area (Å²) in [6.07, 6.45) is 0.995. The Morgan fingerprint density at radius 2 is 2.14 bits per heavy atom. The van der Waals surface area contributed by atoms with Gasteiger partial charge in [0.05, 0.1) is 16.7 Å². The molecule has 0 bridgehead atoms. The largest absolute Gasteiger partial charge is 0.387 e. The number of aliphatic hydroxyl groups excluding tert-OH is 1. The van der Waals surface area contributed by atoms with Crippen molar-refractivity contribution in [2.24, 2.45) is 5.41 Å². The minimum atomic E-state index is -0.514. The topological polar surface area (TPSA) is 82.5 Å². The number of aromatic nitrogens is 1. The summed E-state index contributed by atoms with van der Waals surface area (Å²) in [5, 5.41) is 13.3. The van der Waals surface area contributed by atoms with Gasteiger partial charge in [0.2, 0.25) is 11.8 Å². The molecule has 0 spiro atoms. The second-order valence-electron chi connectivity index (χ2n) is 6.58. The number of aliphatic hydroxyl groups is 1. The maximum atomic E-state index is 11.8. The first-order chi connectivity index (χ1) is 9.77. The molecule has 0 aromatic carbocycles. The summed E-state index contributed by atoms with van der Waals surface area (Å²) in [5.41, 5.74) is 0.905. The van der Waals surface area contributed by atoms with Gasteiger partial charge in [-0.15, -0.1) is 0 Å². The third kappa shape index (κ3) is 2.55. The third-order valence-electron chi connectivity index (χ3n) is 4.08. The van der Waals surface area contributed by atoms with E-state index in [9.17, 15) is 14.7 Å². The first-order valence-corrected chi connectivity index (χ1v) is 7.86. The van der Waals surface area contributed by atoms with Crippen molar-refractivity contribution in [2.75, 3.05) is 11.4 Å². The van der Waals surface area contributed by atoms with Crippen molar-refractivity contribution in [3.63, 3.8) is 0 Å². The molecule has 2 N–H and O–H groups in total. The number of carbonyl (C=O) groups excluding carboxylic acids is 2. The molecule has 1 fully saturated rings. The van der Waals surface area contributed by atoms with Crippen LogP contribution < -0.4 is 10.2 Å². The molecule has 0 saturated carbocycles. The first kappa shape index (κ1) is 14.5. The van der Waals surface area contributed by atoms with Gasteiger partial charge in [-0.1, -0.05) is 25.2 Å². The Bertz CT molecular complexity index is 611. The maximum Gasteiger partial charge on any atom is 0.249 e. The number of hydrogen-bond acceptors (Lipinski definition) is 6. The number of nitrogens with zero attached hydrogens (tertiary/aromatic N) is 2. The molecule has 2 aliphatic rings. The van der Waals surface area contributed by atoms with E-state index in [4.69, 9.17) is 0 Å². The fraction of sp³-hybridized carbons (Fsp3) is 0.643. The molecule has 1 aliphatic heterocycles. The Morgan fingerprint density at radius 1 is 1.43 bits per heavy atom. The molecule has 21 heavy (non-hydrogen) atoms. The predicted octanol–water partition coefficient (Wildman–Crippen LogP) is 1.00. The lowest BCUT2D eigenvalue weighted by molar-refractivity contribution is -0.132. The Labute approximate surface area is 127 Å². The number of piperazine rings is 1. The Balaban J connectivity index is 1.94.